The van der Waals surface area contributed by atoms with Crippen molar-refractivity contribution in [3.63, 3.8) is 0 Å². The van der Waals surface area contributed by atoms with Gasteiger partial charge < -0.3 is 14.6 Å². The van der Waals surface area contributed by atoms with Crippen molar-refractivity contribution in [1.82, 2.24) is 0 Å². The number of aliphatic hydroxyl groups excluding tert-OH is 1. The predicted octanol–water partition coefficient (Wildman–Crippen LogP) is 4.05. The molecule has 0 amide bonds. The molecule has 3 nitrogen and oxygen atoms in total. The Morgan fingerprint density at radius 3 is 2.48 bits per heavy atom. The normalized spacial score (nSPS) is 12.0. The minimum Gasteiger partial charge on any atom is -0.493 e. The average molecular weight is 351 g/mol. The third-order valence-corrected chi connectivity index (χ3v) is 4.54. The number of rotatable bonds is 5. The number of hydrogen-bond acceptors (Lipinski definition) is 3. The van der Waals surface area contributed by atoms with Gasteiger partial charge >= 0.3 is 0 Å². The molecule has 2 aromatic rings. The number of halogens is 1. The fourth-order valence-corrected chi connectivity index (χ4v) is 2.80. The van der Waals surface area contributed by atoms with Gasteiger partial charge in [-0.15, -0.1) is 0 Å². The van der Waals surface area contributed by atoms with E-state index in [4.69, 9.17) is 9.47 Å². The van der Waals surface area contributed by atoms with E-state index in [2.05, 4.69) is 15.9 Å². The smallest absolute Gasteiger partial charge is 0.160 e. The largest absolute Gasteiger partial charge is 0.493 e. The van der Waals surface area contributed by atoms with E-state index in [1.807, 2.05) is 43.3 Å². The van der Waals surface area contributed by atoms with E-state index >= 15 is 0 Å². The van der Waals surface area contributed by atoms with Crippen LogP contribution in [-0.4, -0.2) is 19.3 Å². The molecule has 2 aromatic carbocycles. The first-order chi connectivity index (χ1) is 10.1. The lowest BCUT2D eigenvalue weighted by Crippen LogP contribution is -2.04. The van der Waals surface area contributed by atoms with Crippen LogP contribution in [0.1, 0.15) is 22.8 Å². The first-order valence-electron chi connectivity index (χ1n) is 6.70. The van der Waals surface area contributed by atoms with Crippen molar-refractivity contribution < 1.29 is 14.6 Å². The SMILES string of the molecule is COc1ccc(CC(O)c2cccc(C)c2Br)cc1OC. The van der Waals surface area contributed by atoms with E-state index in [-0.39, 0.29) is 0 Å². The molecule has 0 spiro atoms. The molecule has 0 saturated carbocycles. The number of aliphatic hydroxyl groups is 1. The summed E-state index contributed by atoms with van der Waals surface area (Å²) in [5, 5.41) is 10.5. The van der Waals surface area contributed by atoms with E-state index in [9.17, 15) is 5.11 Å². The summed E-state index contributed by atoms with van der Waals surface area (Å²) >= 11 is 3.54. The van der Waals surface area contributed by atoms with Crippen LogP contribution < -0.4 is 9.47 Å². The van der Waals surface area contributed by atoms with Gasteiger partial charge in [0, 0.05) is 10.9 Å². The number of aryl methyl sites for hydroxylation is 1. The molecular weight excluding hydrogens is 332 g/mol. The highest BCUT2D eigenvalue weighted by molar-refractivity contribution is 9.10. The second-order valence-corrected chi connectivity index (χ2v) is 5.68. The van der Waals surface area contributed by atoms with Crippen LogP contribution in [0.2, 0.25) is 0 Å². The minimum absolute atomic E-state index is 0.516. The fourth-order valence-electron chi connectivity index (χ4n) is 2.27. The Bertz CT molecular complexity index is 625. The molecule has 0 fully saturated rings. The number of ether oxygens (including phenoxy) is 2. The van der Waals surface area contributed by atoms with Crippen LogP contribution in [0.5, 0.6) is 11.5 Å². The molecular formula is C17H19BrO3. The highest BCUT2D eigenvalue weighted by Crippen LogP contribution is 2.32. The van der Waals surface area contributed by atoms with Crippen molar-refractivity contribution in [2.75, 3.05) is 14.2 Å². The third-order valence-electron chi connectivity index (χ3n) is 3.46. The number of hydrogen-bond donors (Lipinski definition) is 1. The predicted molar refractivity (Wildman–Crippen MR) is 87.1 cm³/mol. The van der Waals surface area contributed by atoms with Gasteiger partial charge in [0.25, 0.3) is 0 Å². The van der Waals surface area contributed by atoms with Crippen LogP contribution in [0, 0.1) is 6.92 Å². The molecule has 2 rings (SSSR count). The van der Waals surface area contributed by atoms with Crippen LogP contribution in [0.25, 0.3) is 0 Å². The summed E-state index contributed by atoms with van der Waals surface area (Å²) in [6.45, 7) is 2.01. The molecule has 0 aliphatic carbocycles. The van der Waals surface area contributed by atoms with Gasteiger partial charge in [-0.05, 0) is 35.7 Å². The monoisotopic (exact) mass is 350 g/mol. The standard InChI is InChI=1S/C17H19BrO3/c1-11-5-4-6-13(17(11)18)14(19)9-12-7-8-15(20-2)16(10-12)21-3/h4-8,10,14,19H,9H2,1-3H3. The van der Waals surface area contributed by atoms with Gasteiger partial charge in [0.2, 0.25) is 0 Å². The van der Waals surface area contributed by atoms with E-state index in [0.717, 1.165) is 21.2 Å². The van der Waals surface area contributed by atoms with Gasteiger partial charge in [-0.3, -0.25) is 0 Å². The molecule has 4 heteroatoms. The van der Waals surface area contributed by atoms with Crippen molar-refractivity contribution in [2.24, 2.45) is 0 Å². The molecule has 1 atom stereocenters. The zero-order chi connectivity index (χ0) is 15.4. The van der Waals surface area contributed by atoms with Crippen LogP contribution in [-0.2, 0) is 6.42 Å². The Balaban J connectivity index is 2.23. The molecule has 1 N–H and O–H groups in total. The summed E-state index contributed by atoms with van der Waals surface area (Å²) in [6.07, 6.45) is -0.0556. The van der Waals surface area contributed by atoms with Gasteiger partial charge in [-0.2, -0.15) is 0 Å². The highest BCUT2D eigenvalue weighted by Gasteiger charge is 2.14. The molecule has 21 heavy (non-hydrogen) atoms. The van der Waals surface area contributed by atoms with Crippen molar-refractivity contribution in [3.05, 3.63) is 57.6 Å². The second-order valence-electron chi connectivity index (χ2n) is 4.89. The molecule has 0 heterocycles. The fraction of sp³-hybridized carbons (Fsp3) is 0.294. The van der Waals surface area contributed by atoms with Gasteiger partial charge in [0.05, 0.1) is 20.3 Å². The second kappa shape index (κ2) is 6.96. The zero-order valence-electron chi connectivity index (χ0n) is 12.4. The van der Waals surface area contributed by atoms with Crippen LogP contribution in [0.3, 0.4) is 0 Å². The van der Waals surface area contributed by atoms with Crippen LogP contribution in [0.4, 0.5) is 0 Å². The lowest BCUT2D eigenvalue weighted by atomic mass is 10.00. The Hall–Kier alpha value is -1.52. The molecule has 0 bridgehead atoms. The Kier molecular flexibility index (Phi) is 5.26. The van der Waals surface area contributed by atoms with Crippen molar-refractivity contribution >= 4 is 15.9 Å². The van der Waals surface area contributed by atoms with Crippen molar-refractivity contribution in [2.45, 2.75) is 19.4 Å². The van der Waals surface area contributed by atoms with Gasteiger partial charge in [0.15, 0.2) is 11.5 Å². The molecule has 0 aliphatic heterocycles. The molecule has 1 unspecified atom stereocenters. The van der Waals surface area contributed by atoms with E-state index in [1.165, 1.54) is 0 Å². The summed E-state index contributed by atoms with van der Waals surface area (Å²) in [6, 6.07) is 11.6. The van der Waals surface area contributed by atoms with Gasteiger partial charge in [0.1, 0.15) is 0 Å². The summed E-state index contributed by atoms with van der Waals surface area (Å²) < 4.78 is 11.5. The summed E-state index contributed by atoms with van der Waals surface area (Å²) in [7, 11) is 3.21. The molecule has 0 aromatic heterocycles. The lowest BCUT2D eigenvalue weighted by molar-refractivity contribution is 0.177. The van der Waals surface area contributed by atoms with E-state index < -0.39 is 6.10 Å². The third kappa shape index (κ3) is 3.57. The number of methoxy groups -OCH3 is 2. The summed E-state index contributed by atoms with van der Waals surface area (Å²) in [5.41, 5.74) is 3.00. The maximum atomic E-state index is 10.5. The van der Waals surface area contributed by atoms with Gasteiger partial charge in [-0.25, -0.2) is 0 Å². The number of benzene rings is 2. The molecule has 0 radical (unpaired) electrons. The topological polar surface area (TPSA) is 38.7 Å². The van der Waals surface area contributed by atoms with Crippen molar-refractivity contribution in [3.8, 4) is 11.5 Å². The minimum atomic E-state index is -0.572. The zero-order valence-corrected chi connectivity index (χ0v) is 14.0. The maximum Gasteiger partial charge on any atom is 0.160 e. The Morgan fingerprint density at radius 2 is 1.81 bits per heavy atom. The molecule has 112 valence electrons. The van der Waals surface area contributed by atoms with Gasteiger partial charge in [-0.1, -0.05) is 40.2 Å². The highest BCUT2D eigenvalue weighted by atomic mass is 79.9. The summed E-state index contributed by atoms with van der Waals surface area (Å²) in [5.74, 6) is 1.36. The molecule has 0 aliphatic rings. The van der Waals surface area contributed by atoms with E-state index in [0.29, 0.717) is 17.9 Å². The maximum absolute atomic E-state index is 10.5. The lowest BCUT2D eigenvalue weighted by Gasteiger charge is -2.15. The quantitative estimate of drug-likeness (QED) is 0.883. The van der Waals surface area contributed by atoms with Crippen molar-refractivity contribution in [1.29, 1.82) is 0 Å². The Labute approximate surface area is 133 Å². The Morgan fingerprint density at radius 1 is 1.10 bits per heavy atom. The first kappa shape index (κ1) is 15.9. The van der Waals surface area contributed by atoms with Crippen LogP contribution in [0.15, 0.2) is 40.9 Å². The first-order valence-corrected chi connectivity index (χ1v) is 7.50. The van der Waals surface area contributed by atoms with E-state index in [1.54, 1.807) is 14.2 Å². The average Bonchev–Trinajstić information content (AvgIpc) is 2.49. The summed E-state index contributed by atoms with van der Waals surface area (Å²) in [4.78, 5) is 0. The molecule has 0 saturated heterocycles. The van der Waals surface area contributed by atoms with Crippen LogP contribution >= 0.6 is 15.9 Å².